The molecule has 0 saturated carbocycles. The molecule has 1 saturated heterocycles. The summed E-state index contributed by atoms with van der Waals surface area (Å²) in [6.45, 7) is 4.60. The molecule has 1 unspecified atom stereocenters. The fraction of sp³-hybridized carbons (Fsp3) is 0.185. The van der Waals surface area contributed by atoms with Crippen LogP contribution in [-0.2, 0) is 4.79 Å². The fourth-order valence-corrected chi connectivity index (χ4v) is 5.82. The standard InChI is InChI=1S/C27H23N7O4S/c1-2-21(35)33-14-4-5-16(15-33)30-25(36)24-23-22-19(11-13-28-26(22)39-24)34(27(37)31-23)17-7-9-18(10-8-17)38-20-6-3-12-29-32-20/h2-3,6-13,16H,1,4-5,14-15H2,(H,30,36)(H,31,37). The second-order valence-electron chi connectivity index (χ2n) is 9.04. The number of nitrogens with zero attached hydrogens (tertiary/aromatic N) is 5. The quantitative estimate of drug-likeness (QED) is 0.345. The molecule has 11 nitrogen and oxygen atoms in total. The first-order chi connectivity index (χ1) is 19.0. The number of anilines is 3. The van der Waals surface area contributed by atoms with Gasteiger partial charge in [-0.25, -0.2) is 9.78 Å². The Hall–Kier alpha value is -4.84. The Kier molecular flexibility index (Phi) is 6.37. The maximum Gasteiger partial charge on any atom is 0.331 e. The fourth-order valence-electron chi connectivity index (χ4n) is 4.80. The molecule has 5 heterocycles. The van der Waals surface area contributed by atoms with E-state index in [0.29, 0.717) is 56.9 Å². The minimum Gasteiger partial charge on any atom is -0.438 e. The highest BCUT2D eigenvalue weighted by Gasteiger charge is 2.33. The number of urea groups is 1. The minimum absolute atomic E-state index is 0.152. The normalized spacial score (nSPS) is 16.5. The van der Waals surface area contributed by atoms with Gasteiger partial charge in [-0.3, -0.25) is 14.5 Å². The molecule has 0 spiro atoms. The maximum absolute atomic E-state index is 13.4. The van der Waals surface area contributed by atoms with Crippen molar-refractivity contribution in [3.05, 3.63) is 72.4 Å². The smallest absolute Gasteiger partial charge is 0.331 e. The van der Waals surface area contributed by atoms with Crippen LogP contribution in [0.1, 0.15) is 22.5 Å². The van der Waals surface area contributed by atoms with E-state index >= 15 is 0 Å². The van der Waals surface area contributed by atoms with Gasteiger partial charge in [0, 0.05) is 37.6 Å². The van der Waals surface area contributed by atoms with Crippen molar-refractivity contribution in [2.24, 2.45) is 0 Å². The highest BCUT2D eigenvalue weighted by Crippen LogP contribution is 2.45. The Balaban J connectivity index is 1.27. The Morgan fingerprint density at radius 1 is 1.18 bits per heavy atom. The Morgan fingerprint density at radius 2 is 2.03 bits per heavy atom. The molecule has 2 N–H and O–H groups in total. The third kappa shape index (κ3) is 4.66. The summed E-state index contributed by atoms with van der Waals surface area (Å²) >= 11 is 1.22. The molecule has 4 amide bonds. The van der Waals surface area contributed by atoms with Crippen LogP contribution in [0.3, 0.4) is 0 Å². The highest BCUT2D eigenvalue weighted by atomic mass is 32.1. The van der Waals surface area contributed by atoms with Crippen LogP contribution in [0.5, 0.6) is 11.6 Å². The summed E-state index contributed by atoms with van der Waals surface area (Å²) in [5, 5.41) is 14.3. The van der Waals surface area contributed by atoms with Gasteiger partial charge in [-0.1, -0.05) is 6.58 Å². The molecule has 3 aromatic heterocycles. The number of amides is 4. The van der Waals surface area contributed by atoms with Crippen molar-refractivity contribution in [1.29, 1.82) is 0 Å². The van der Waals surface area contributed by atoms with Crippen LogP contribution in [0.2, 0.25) is 0 Å². The van der Waals surface area contributed by atoms with Crippen LogP contribution in [0.25, 0.3) is 10.2 Å². The molecule has 39 heavy (non-hydrogen) atoms. The molecule has 6 rings (SSSR count). The molecule has 4 aromatic rings. The number of ether oxygens (including phenoxy) is 1. The van der Waals surface area contributed by atoms with Crippen molar-refractivity contribution in [3.63, 3.8) is 0 Å². The number of likely N-dealkylation sites (tertiary alicyclic amines) is 1. The first kappa shape index (κ1) is 24.5. The molecular formula is C27H23N7O4S. The number of benzene rings is 1. The molecule has 0 bridgehead atoms. The number of rotatable bonds is 6. The van der Waals surface area contributed by atoms with E-state index in [1.165, 1.54) is 22.3 Å². The first-order valence-electron chi connectivity index (χ1n) is 12.3. The molecule has 2 aliphatic rings. The molecule has 0 aliphatic carbocycles. The lowest BCUT2D eigenvalue weighted by Crippen LogP contribution is -2.49. The van der Waals surface area contributed by atoms with E-state index in [1.54, 1.807) is 59.8 Å². The maximum atomic E-state index is 13.4. The number of thiophene rings is 1. The van der Waals surface area contributed by atoms with Crippen LogP contribution >= 0.6 is 11.3 Å². The number of aromatic nitrogens is 3. The Morgan fingerprint density at radius 3 is 2.79 bits per heavy atom. The van der Waals surface area contributed by atoms with Gasteiger partial charge in [0.05, 0.1) is 22.4 Å². The van der Waals surface area contributed by atoms with E-state index in [0.717, 1.165) is 12.8 Å². The molecule has 0 radical (unpaired) electrons. The van der Waals surface area contributed by atoms with E-state index in [-0.39, 0.29) is 17.9 Å². The van der Waals surface area contributed by atoms with Crippen molar-refractivity contribution in [3.8, 4) is 11.6 Å². The summed E-state index contributed by atoms with van der Waals surface area (Å²) < 4.78 is 5.71. The summed E-state index contributed by atoms with van der Waals surface area (Å²) in [6, 6.07) is 11.6. The number of piperidine rings is 1. The number of hydrogen-bond donors (Lipinski definition) is 2. The summed E-state index contributed by atoms with van der Waals surface area (Å²) in [6.07, 6.45) is 6.00. The molecule has 1 aromatic carbocycles. The lowest BCUT2D eigenvalue weighted by molar-refractivity contribution is -0.127. The zero-order chi connectivity index (χ0) is 26.9. The van der Waals surface area contributed by atoms with Crippen LogP contribution < -0.4 is 20.3 Å². The summed E-state index contributed by atoms with van der Waals surface area (Å²) in [7, 11) is 0. The van der Waals surface area contributed by atoms with Crippen molar-refractivity contribution in [2.75, 3.05) is 23.3 Å². The van der Waals surface area contributed by atoms with E-state index < -0.39 is 6.03 Å². The predicted octanol–water partition coefficient (Wildman–Crippen LogP) is 4.47. The summed E-state index contributed by atoms with van der Waals surface area (Å²) in [4.78, 5) is 47.4. The summed E-state index contributed by atoms with van der Waals surface area (Å²) in [5.41, 5.74) is 1.68. The van der Waals surface area contributed by atoms with Gasteiger partial charge in [-0.05, 0) is 55.3 Å². The van der Waals surface area contributed by atoms with Crippen molar-refractivity contribution in [2.45, 2.75) is 18.9 Å². The third-order valence-corrected chi connectivity index (χ3v) is 7.66. The van der Waals surface area contributed by atoms with Crippen molar-refractivity contribution < 1.29 is 19.1 Å². The summed E-state index contributed by atoms with van der Waals surface area (Å²) in [5.74, 6) is 0.443. The van der Waals surface area contributed by atoms with Crippen LogP contribution in [0.15, 0.2) is 67.5 Å². The monoisotopic (exact) mass is 541 g/mol. The average molecular weight is 542 g/mol. The molecule has 2 aliphatic heterocycles. The first-order valence-corrected chi connectivity index (χ1v) is 13.1. The van der Waals surface area contributed by atoms with E-state index in [2.05, 4.69) is 32.4 Å². The number of carbonyl (C=O) groups is 3. The van der Waals surface area contributed by atoms with Crippen LogP contribution in [0, 0.1) is 0 Å². The van der Waals surface area contributed by atoms with Crippen molar-refractivity contribution >= 4 is 56.5 Å². The van der Waals surface area contributed by atoms with Gasteiger partial charge in [0.2, 0.25) is 11.8 Å². The lowest BCUT2D eigenvalue weighted by Gasteiger charge is -2.32. The SMILES string of the molecule is C=CC(=O)N1CCCC(NC(=O)c2sc3nccc4c3c2NC(=O)N4c2ccc(Oc3cccnn3)cc2)C1. The van der Waals surface area contributed by atoms with Gasteiger partial charge < -0.3 is 20.3 Å². The Bertz CT molecular complexity index is 1590. The van der Waals surface area contributed by atoms with Gasteiger partial charge in [0.15, 0.2) is 0 Å². The van der Waals surface area contributed by atoms with Gasteiger partial charge in [-0.2, -0.15) is 5.10 Å². The predicted molar refractivity (Wildman–Crippen MR) is 147 cm³/mol. The van der Waals surface area contributed by atoms with Crippen molar-refractivity contribution in [1.82, 2.24) is 25.4 Å². The molecule has 1 atom stereocenters. The van der Waals surface area contributed by atoms with Gasteiger partial charge in [-0.15, -0.1) is 16.4 Å². The second kappa shape index (κ2) is 10.1. The van der Waals surface area contributed by atoms with Crippen LogP contribution in [-0.4, -0.2) is 57.1 Å². The van der Waals surface area contributed by atoms with E-state index in [1.807, 2.05) is 0 Å². The zero-order valence-corrected chi connectivity index (χ0v) is 21.5. The zero-order valence-electron chi connectivity index (χ0n) is 20.7. The number of hydrogen-bond acceptors (Lipinski definition) is 8. The van der Waals surface area contributed by atoms with E-state index in [9.17, 15) is 14.4 Å². The third-order valence-electron chi connectivity index (χ3n) is 6.56. The second-order valence-corrected chi connectivity index (χ2v) is 10.0. The van der Waals surface area contributed by atoms with E-state index in [4.69, 9.17) is 4.74 Å². The number of nitrogens with one attached hydrogen (secondary N) is 2. The largest absolute Gasteiger partial charge is 0.438 e. The Labute approximate surface area is 227 Å². The van der Waals surface area contributed by atoms with Gasteiger partial charge in [0.25, 0.3) is 5.91 Å². The molecule has 12 heteroatoms. The molecular weight excluding hydrogens is 518 g/mol. The topological polar surface area (TPSA) is 130 Å². The average Bonchev–Trinajstić information content (AvgIpc) is 3.33. The number of carbonyl (C=O) groups excluding carboxylic acids is 3. The van der Waals surface area contributed by atoms with Crippen LogP contribution in [0.4, 0.5) is 21.9 Å². The lowest BCUT2D eigenvalue weighted by atomic mass is 10.1. The van der Waals surface area contributed by atoms with Gasteiger partial charge >= 0.3 is 6.03 Å². The molecule has 196 valence electrons. The minimum atomic E-state index is -0.398. The highest BCUT2D eigenvalue weighted by molar-refractivity contribution is 7.21. The van der Waals surface area contributed by atoms with Gasteiger partial charge in [0.1, 0.15) is 15.5 Å². The number of pyridine rings is 1. The molecule has 1 fully saturated rings.